The Balaban J connectivity index is 1.59. The Labute approximate surface area is 197 Å². The molecule has 2 heterocycles. The highest BCUT2D eigenvalue weighted by Gasteiger charge is 2.49. The molecule has 0 saturated carbocycles. The lowest BCUT2D eigenvalue weighted by molar-refractivity contribution is -0.00135. The lowest BCUT2D eigenvalue weighted by Gasteiger charge is -2.21. The van der Waals surface area contributed by atoms with Crippen LogP contribution in [0.5, 0.6) is 0 Å². The summed E-state index contributed by atoms with van der Waals surface area (Å²) in [7, 11) is 0. The van der Waals surface area contributed by atoms with Gasteiger partial charge in [-0.3, -0.25) is 14.3 Å². The Morgan fingerprint density at radius 3 is 2.21 bits per heavy atom. The molecule has 4 atom stereocenters. The minimum absolute atomic E-state index is 0.226. The average molecular weight is 485 g/mol. The van der Waals surface area contributed by atoms with Crippen LogP contribution >= 0.6 is 11.8 Å². The monoisotopic (exact) mass is 484 g/mol. The summed E-state index contributed by atoms with van der Waals surface area (Å²) in [6.07, 6.45) is -1.84. The van der Waals surface area contributed by atoms with E-state index in [1.54, 1.807) is 48.5 Å². The highest BCUT2D eigenvalue weighted by Crippen LogP contribution is 2.45. The van der Waals surface area contributed by atoms with E-state index in [0.717, 1.165) is 16.3 Å². The van der Waals surface area contributed by atoms with Gasteiger partial charge in [-0.15, -0.1) is 11.8 Å². The number of hydrogen-bond acceptors (Lipinski definition) is 7. The van der Waals surface area contributed by atoms with Crippen LogP contribution in [0.15, 0.2) is 76.4 Å². The van der Waals surface area contributed by atoms with Crippen LogP contribution < -0.4 is 11.2 Å². The molecule has 8 nitrogen and oxygen atoms in total. The molecule has 3 aromatic rings. The van der Waals surface area contributed by atoms with Gasteiger partial charge < -0.3 is 9.47 Å². The van der Waals surface area contributed by atoms with Crippen LogP contribution in [0.1, 0.15) is 31.7 Å². The Morgan fingerprint density at radius 1 is 1.00 bits per heavy atom. The Morgan fingerprint density at radius 2 is 1.59 bits per heavy atom. The number of carbonyl (C=O) groups excluding carboxylic acids is 2. The van der Waals surface area contributed by atoms with Gasteiger partial charge in [0, 0.05) is 11.8 Å². The molecule has 0 unspecified atom stereocenters. The van der Waals surface area contributed by atoms with Crippen LogP contribution in [-0.4, -0.2) is 45.6 Å². The fraction of sp³-hybridized carbons (Fsp3) is 0.250. The molecule has 1 N–H and O–H groups in total. The van der Waals surface area contributed by atoms with Crippen molar-refractivity contribution in [2.45, 2.75) is 29.8 Å². The van der Waals surface area contributed by atoms with Crippen molar-refractivity contribution in [1.82, 2.24) is 9.55 Å². The van der Waals surface area contributed by atoms with E-state index >= 15 is 4.39 Å². The maximum absolute atomic E-state index is 15.6. The third kappa shape index (κ3) is 4.96. The Hall–Kier alpha value is -3.66. The molecule has 0 aliphatic carbocycles. The van der Waals surface area contributed by atoms with Crippen molar-refractivity contribution in [1.29, 1.82) is 0 Å². The maximum atomic E-state index is 15.6. The molecule has 176 valence electrons. The number of esters is 2. The van der Waals surface area contributed by atoms with E-state index in [-0.39, 0.29) is 17.7 Å². The minimum atomic E-state index is -1.80. The molecule has 2 aromatic carbocycles. The molecular formula is C24H21FN2O6S. The van der Waals surface area contributed by atoms with E-state index in [2.05, 4.69) is 4.98 Å². The van der Waals surface area contributed by atoms with Crippen LogP contribution in [-0.2, 0) is 9.47 Å². The molecular weight excluding hydrogens is 463 g/mol. The number of H-pyrrole nitrogens is 1. The molecule has 0 radical (unpaired) electrons. The number of thioether (sulfide) groups is 1. The number of nitrogens with one attached hydrogen (secondary N) is 1. The molecule has 1 aromatic heterocycles. The van der Waals surface area contributed by atoms with Crippen molar-refractivity contribution in [2.24, 2.45) is 0 Å². The minimum Gasteiger partial charge on any atom is -0.461 e. The molecule has 1 saturated heterocycles. The van der Waals surface area contributed by atoms with Crippen molar-refractivity contribution < 1.29 is 23.5 Å². The number of hydrogen-bond donors (Lipinski definition) is 1. The van der Waals surface area contributed by atoms with Gasteiger partial charge in [-0.05, 0) is 31.2 Å². The number of aromatic nitrogens is 2. The molecule has 1 fully saturated rings. The topological polar surface area (TPSA) is 107 Å². The average Bonchev–Trinajstić information content (AvgIpc) is 3.15. The second kappa shape index (κ2) is 10.1. The van der Waals surface area contributed by atoms with E-state index in [4.69, 9.17) is 9.47 Å². The molecule has 10 heteroatoms. The maximum Gasteiger partial charge on any atom is 0.338 e. The third-order valence-electron chi connectivity index (χ3n) is 5.33. The summed E-state index contributed by atoms with van der Waals surface area (Å²) >= 11 is 0.995. The predicted molar refractivity (Wildman–Crippen MR) is 124 cm³/mol. The Kier molecular flexibility index (Phi) is 6.97. The van der Waals surface area contributed by atoms with Gasteiger partial charge in [-0.2, -0.15) is 0 Å². The number of carbonyl (C=O) groups is 2. The number of nitrogens with zero attached hydrogens (tertiary/aromatic N) is 1. The van der Waals surface area contributed by atoms with Crippen molar-refractivity contribution >= 4 is 23.7 Å². The zero-order valence-corrected chi connectivity index (χ0v) is 18.9. The quantitative estimate of drug-likeness (QED) is 0.536. The van der Waals surface area contributed by atoms with E-state index in [1.165, 1.54) is 25.3 Å². The molecule has 0 bridgehead atoms. The first kappa shape index (κ1) is 23.5. The standard InChI is InChI=1S/C24H21FN2O6S/c1-14-12-27(24(31)26-20(14)28)21-18(25)19(33-23(30)16-10-6-3-7-11-16)17(34-21)13-32-22(29)15-8-4-2-5-9-15/h2-12,17-19,21H,13H2,1H3,(H,26,28,31)/t17-,18+,19-,21-/m1/s1. The number of alkyl halides is 1. The first-order valence-corrected chi connectivity index (χ1v) is 11.4. The highest BCUT2D eigenvalue weighted by atomic mass is 32.2. The number of aryl methyl sites for hydroxylation is 1. The van der Waals surface area contributed by atoms with Crippen LogP contribution in [0.2, 0.25) is 0 Å². The SMILES string of the molecule is Cc1cn([C@@H]2S[C@H](COC(=O)c3ccccc3)[C@@H](OC(=O)c3ccccc3)[C@@H]2F)c(=O)[nH]c1=O. The molecule has 0 amide bonds. The second-order valence-electron chi connectivity index (χ2n) is 7.69. The fourth-order valence-electron chi connectivity index (χ4n) is 3.55. The lowest BCUT2D eigenvalue weighted by atomic mass is 10.1. The first-order chi connectivity index (χ1) is 16.3. The van der Waals surface area contributed by atoms with Crippen LogP contribution in [0.4, 0.5) is 4.39 Å². The van der Waals surface area contributed by atoms with Crippen molar-refractivity contribution in [3.8, 4) is 0 Å². The molecule has 4 rings (SSSR count). The number of halogens is 1. The van der Waals surface area contributed by atoms with Gasteiger partial charge >= 0.3 is 17.6 Å². The number of benzene rings is 2. The molecule has 1 aliphatic heterocycles. The predicted octanol–water partition coefficient (Wildman–Crippen LogP) is 2.88. The summed E-state index contributed by atoms with van der Waals surface area (Å²) in [5, 5.41) is -1.89. The van der Waals surface area contributed by atoms with Crippen LogP contribution in [0.3, 0.4) is 0 Å². The Bertz CT molecular complexity index is 1290. The zero-order valence-electron chi connectivity index (χ0n) is 18.1. The summed E-state index contributed by atoms with van der Waals surface area (Å²) in [5.41, 5.74) is -0.570. The number of ether oxygens (including phenoxy) is 2. The van der Waals surface area contributed by atoms with Crippen LogP contribution in [0.25, 0.3) is 0 Å². The van der Waals surface area contributed by atoms with Gasteiger partial charge in [0.2, 0.25) is 0 Å². The summed E-state index contributed by atoms with van der Waals surface area (Å²) in [5.74, 6) is -1.34. The molecule has 34 heavy (non-hydrogen) atoms. The van der Waals surface area contributed by atoms with Crippen molar-refractivity contribution in [3.05, 3.63) is 104 Å². The third-order valence-corrected chi connectivity index (χ3v) is 6.85. The van der Waals surface area contributed by atoms with Gasteiger partial charge in [-0.1, -0.05) is 36.4 Å². The summed E-state index contributed by atoms with van der Waals surface area (Å²) in [6, 6.07) is 16.4. The van der Waals surface area contributed by atoms with Crippen LogP contribution in [0, 0.1) is 6.92 Å². The normalized spacial score (nSPS) is 21.7. The van der Waals surface area contributed by atoms with Gasteiger partial charge in [0.25, 0.3) is 5.56 Å². The van der Waals surface area contributed by atoms with Crippen molar-refractivity contribution in [3.63, 3.8) is 0 Å². The summed E-state index contributed by atoms with van der Waals surface area (Å²) < 4.78 is 27.6. The van der Waals surface area contributed by atoms with Gasteiger partial charge in [0.05, 0.1) is 16.4 Å². The lowest BCUT2D eigenvalue weighted by Crippen LogP contribution is -2.38. The van der Waals surface area contributed by atoms with Gasteiger partial charge in [0.1, 0.15) is 12.0 Å². The largest absolute Gasteiger partial charge is 0.461 e. The molecule has 0 spiro atoms. The summed E-state index contributed by atoms with van der Waals surface area (Å²) in [6.45, 7) is 1.24. The van der Waals surface area contributed by atoms with E-state index in [9.17, 15) is 19.2 Å². The molecule has 1 aliphatic rings. The van der Waals surface area contributed by atoms with E-state index in [0.29, 0.717) is 5.56 Å². The highest BCUT2D eigenvalue weighted by molar-refractivity contribution is 8.00. The first-order valence-electron chi connectivity index (χ1n) is 10.4. The smallest absolute Gasteiger partial charge is 0.338 e. The van der Waals surface area contributed by atoms with E-state index in [1.807, 2.05) is 0 Å². The zero-order chi connectivity index (χ0) is 24.2. The van der Waals surface area contributed by atoms with Crippen molar-refractivity contribution in [2.75, 3.05) is 6.61 Å². The number of rotatable bonds is 6. The van der Waals surface area contributed by atoms with E-state index < -0.39 is 46.1 Å². The fourth-order valence-corrected chi connectivity index (χ4v) is 5.01. The van der Waals surface area contributed by atoms with Gasteiger partial charge in [-0.25, -0.2) is 18.8 Å². The van der Waals surface area contributed by atoms with Gasteiger partial charge in [0.15, 0.2) is 12.3 Å². The number of aromatic amines is 1. The second-order valence-corrected chi connectivity index (χ2v) is 9.05. The summed E-state index contributed by atoms with van der Waals surface area (Å²) in [4.78, 5) is 51.3.